The molecule has 0 aliphatic carbocycles. The largest absolute Gasteiger partial charge is 0.389 e. The van der Waals surface area contributed by atoms with Gasteiger partial charge in [0.25, 0.3) is 0 Å². The van der Waals surface area contributed by atoms with Gasteiger partial charge in [0.2, 0.25) is 0 Å². The van der Waals surface area contributed by atoms with Gasteiger partial charge in [-0.05, 0) is 51.1 Å². The Morgan fingerprint density at radius 2 is 2.16 bits per heavy atom. The number of nitrogens with zero attached hydrogens (tertiary/aromatic N) is 1. The third-order valence-corrected chi connectivity index (χ3v) is 3.83. The highest BCUT2D eigenvalue weighted by Gasteiger charge is 2.15. The number of nitrogens with two attached hydrogens (primary N) is 1. The van der Waals surface area contributed by atoms with E-state index in [0.717, 1.165) is 17.8 Å². The summed E-state index contributed by atoms with van der Waals surface area (Å²) in [5.74, 6) is 0. The number of halogens is 1. The average Bonchev–Trinajstić information content (AvgIpc) is 2.81. The van der Waals surface area contributed by atoms with E-state index in [1.54, 1.807) is 0 Å². The molecule has 3 N–H and O–H groups in total. The van der Waals surface area contributed by atoms with Gasteiger partial charge in [-0.2, -0.15) is 0 Å². The molecule has 2 rings (SSSR count). The lowest BCUT2D eigenvalue weighted by Gasteiger charge is -2.23. The van der Waals surface area contributed by atoms with Crippen molar-refractivity contribution in [3.05, 3.63) is 28.8 Å². The van der Waals surface area contributed by atoms with Crippen molar-refractivity contribution < 1.29 is 0 Å². The number of benzene rings is 1. The van der Waals surface area contributed by atoms with Crippen LogP contribution in [0.2, 0.25) is 5.02 Å². The maximum absolute atomic E-state index is 6.04. The minimum Gasteiger partial charge on any atom is -0.389 e. The van der Waals surface area contributed by atoms with E-state index in [1.807, 2.05) is 18.2 Å². The van der Waals surface area contributed by atoms with Gasteiger partial charge in [-0.3, -0.25) is 0 Å². The highest BCUT2D eigenvalue weighted by molar-refractivity contribution is 7.80. The van der Waals surface area contributed by atoms with Crippen LogP contribution in [-0.2, 0) is 0 Å². The first kappa shape index (κ1) is 14.6. The highest BCUT2D eigenvalue weighted by Crippen LogP contribution is 2.22. The van der Waals surface area contributed by atoms with E-state index in [9.17, 15) is 0 Å². The fraction of sp³-hybridized carbons (Fsp3) is 0.500. The van der Waals surface area contributed by atoms with Crippen LogP contribution in [0.25, 0.3) is 0 Å². The van der Waals surface area contributed by atoms with Gasteiger partial charge in [0.05, 0.1) is 0 Å². The molecule has 0 saturated carbocycles. The van der Waals surface area contributed by atoms with Crippen molar-refractivity contribution >= 4 is 34.5 Å². The number of likely N-dealkylation sites (tertiary alicyclic amines) is 1. The van der Waals surface area contributed by atoms with Crippen LogP contribution >= 0.6 is 23.8 Å². The van der Waals surface area contributed by atoms with Crippen molar-refractivity contribution in [1.29, 1.82) is 0 Å². The minimum atomic E-state index is 0.338. The van der Waals surface area contributed by atoms with Crippen molar-refractivity contribution in [2.45, 2.75) is 25.8 Å². The SMILES string of the molecule is CC(CN1CCCC1)Nc1cc(Cl)ccc1C(N)=S. The summed E-state index contributed by atoms with van der Waals surface area (Å²) in [5.41, 5.74) is 7.52. The van der Waals surface area contributed by atoms with Crippen LogP contribution in [0.15, 0.2) is 18.2 Å². The summed E-state index contributed by atoms with van der Waals surface area (Å²) in [6.45, 7) is 5.60. The molecule has 1 unspecified atom stereocenters. The number of hydrogen-bond acceptors (Lipinski definition) is 3. The Labute approximate surface area is 125 Å². The predicted molar refractivity (Wildman–Crippen MR) is 86.1 cm³/mol. The maximum Gasteiger partial charge on any atom is 0.106 e. The molecule has 1 atom stereocenters. The van der Waals surface area contributed by atoms with Crippen LogP contribution in [0.4, 0.5) is 5.69 Å². The van der Waals surface area contributed by atoms with E-state index in [1.165, 1.54) is 25.9 Å². The Balaban J connectivity index is 2.04. The molecule has 1 aliphatic rings. The van der Waals surface area contributed by atoms with E-state index >= 15 is 0 Å². The molecule has 0 radical (unpaired) electrons. The Bertz CT molecular complexity index is 458. The Morgan fingerprint density at radius 1 is 1.47 bits per heavy atom. The van der Waals surface area contributed by atoms with Crippen molar-refractivity contribution in [3.63, 3.8) is 0 Å². The maximum atomic E-state index is 6.04. The predicted octanol–water partition coefficient (Wildman–Crippen LogP) is 2.87. The van der Waals surface area contributed by atoms with E-state index in [-0.39, 0.29) is 0 Å². The Hall–Kier alpha value is -0.840. The molecule has 1 fully saturated rings. The van der Waals surface area contributed by atoms with Gasteiger partial charge in [0, 0.05) is 28.9 Å². The molecular formula is C14H20ClN3S. The highest BCUT2D eigenvalue weighted by atomic mass is 35.5. The third kappa shape index (κ3) is 4.06. The van der Waals surface area contributed by atoms with Gasteiger partial charge in [-0.15, -0.1) is 0 Å². The molecule has 0 aromatic heterocycles. The first-order valence-corrected chi connectivity index (χ1v) is 7.43. The van der Waals surface area contributed by atoms with E-state index in [2.05, 4.69) is 17.1 Å². The second-order valence-electron chi connectivity index (χ2n) is 5.11. The normalized spacial score (nSPS) is 17.4. The number of anilines is 1. The molecular weight excluding hydrogens is 278 g/mol. The smallest absolute Gasteiger partial charge is 0.106 e. The van der Waals surface area contributed by atoms with Crippen molar-refractivity contribution in [2.24, 2.45) is 5.73 Å². The lowest BCUT2D eigenvalue weighted by molar-refractivity contribution is 0.328. The number of rotatable bonds is 5. The van der Waals surface area contributed by atoms with Gasteiger partial charge in [-0.25, -0.2) is 0 Å². The number of nitrogens with one attached hydrogen (secondary N) is 1. The second-order valence-corrected chi connectivity index (χ2v) is 5.98. The van der Waals surface area contributed by atoms with Gasteiger partial charge in [0.1, 0.15) is 4.99 Å². The summed E-state index contributed by atoms with van der Waals surface area (Å²) in [7, 11) is 0. The molecule has 1 aromatic carbocycles. The van der Waals surface area contributed by atoms with Crippen LogP contribution in [-0.4, -0.2) is 35.6 Å². The Kier molecular flexibility index (Phi) is 5.02. The summed E-state index contributed by atoms with van der Waals surface area (Å²) in [5, 5.41) is 4.16. The molecule has 5 heteroatoms. The lowest BCUT2D eigenvalue weighted by Crippen LogP contribution is -2.33. The second kappa shape index (κ2) is 6.55. The van der Waals surface area contributed by atoms with Gasteiger partial charge in [0.15, 0.2) is 0 Å². The molecule has 104 valence electrons. The van der Waals surface area contributed by atoms with E-state index < -0.39 is 0 Å². The lowest BCUT2D eigenvalue weighted by atomic mass is 10.1. The van der Waals surface area contributed by atoms with Crippen LogP contribution < -0.4 is 11.1 Å². The molecule has 1 aromatic rings. The molecule has 1 saturated heterocycles. The fourth-order valence-electron chi connectivity index (χ4n) is 2.51. The summed E-state index contributed by atoms with van der Waals surface area (Å²) in [6.07, 6.45) is 2.62. The van der Waals surface area contributed by atoms with Crippen LogP contribution in [0.3, 0.4) is 0 Å². The zero-order chi connectivity index (χ0) is 13.8. The van der Waals surface area contributed by atoms with Crippen LogP contribution in [0.5, 0.6) is 0 Å². The average molecular weight is 298 g/mol. The molecule has 0 spiro atoms. The molecule has 1 heterocycles. The molecule has 0 bridgehead atoms. The molecule has 19 heavy (non-hydrogen) atoms. The topological polar surface area (TPSA) is 41.3 Å². The molecule has 3 nitrogen and oxygen atoms in total. The molecule has 1 aliphatic heterocycles. The third-order valence-electron chi connectivity index (χ3n) is 3.38. The standard InChI is InChI=1S/C14H20ClN3S/c1-10(9-18-6-2-3-7-18)17-13-8-11(15)4-5-12(13)14(16)19/h4-5,8,10,17H,2-3,6-7,9H2,1H3,(H2,16,19). The zero-order valence-corrected chi connectivity index (χ0v) is 12.7. The summed E-state index contributed by atoms with van der Waals surface area (Å²) < 4.78 is 0. The monoisotopic (exact) mass is 297 g/mol. The summed E-state index contributed by atoms with van der Waals surface area (Å²) in [6, 6.07) is 5.91. The van der Waals surface area contributed by atoms with Crippen LogP contribution in [0, 0.1) is 0 Å². The van der Waals surface area contributed by atoms with Crippen molar-refractivity contribution in [1.82, 2.24) is 4.90 Å². The minimum absolute atomic E-state index is 0.338. The van der Waals surface area contributed by atoms with E-state index in [4.69, 9.17) is 29.6 Å². The first-order valence-electron chi connectivity index (χ1n) is 6.64. The van der Waals surface area contributed by atoms with Crippen molar-refractivity contribution in [2.75, 3.05) is 25.0 Å². The quantitative estimate of drug-likeness (QED) is 0.820. The van der Waals surface area contributed by atoms with Gasteiger partial charge >= 0.3 is 0 Å². The molecule has 0 amide bonds. The van der Waals surface area contributed by atoms with Gasteiger partial charge in [-0.1, -0.05) is 23.8 Å². The van der Waals surface area contributed by atoms with Gasteiger partial charge < -0.3 is 16.0 Å². The summed E-state index contributed by atoms with van der Waals surface area (Å²) >= 11 is 11.1. The fourth-order valence-corrected chi connectivity index (χ4v) is 2.86. The number of hydrogen-bond donors (Lipinski definition) is 2. The zero-order valence-electron chi connectivity index (χ0n) is 11.2. The van der Waals surface area contributed by atoms with E-state index in [0.29, 0.717) is 16.1 Å². The van der Waals surface area contributed by atoms with Crippen LogP contribution in [0.1, 0.15) is 25.3 Å². The Morgan fingerprint density at radius 3 is 2.79 bits per heavy atom. The van der Waals surface area contributed by atoms with Crippen molar-refractivity contribution in [3.8, 4) is 0 Å². The summed E-state index contributed by atoms with van der Waals surface area (Å²) in [4.78, 5) is 2.87. The number of thiocarbonyl (C=S) groups is 1. The first-order chi connectivity index (χ1) is 9.06.